The van der Waals surface area contributed by atoms with E-state index in [1.165, 1.54) is 7.11 Å². The van der Waals surface area contributed by atoms with Crippen LogP contribution in [0, 0.1) is 5.92 Å². The van der Waals surface area contributed by atoms with Crippen LogP contribution in [0.15, 0.2) is 18.2 Å². The monoisotopic (exact) mass is 312 g/mol. The Bertz CT molecular complexity index is 510. The Hall–Kier alpha value is -1.26. The lowest BCUT2D eigenvalue weighted by atomic mass is 9.83. The van der Waals surface area contributed by atoms with E-state index in [0.29, 0.717) is 22.3 Å². The minimum Gasteiger partial charge on any atom is -0.496 e. The lowest BCUT2D eigenvalue weighted by Gasteiger charge is -2.35. The van der Waals surface area contributed by atoms with Crippen molar-refractivity contribution >= 4 is 17.6 Å². The highest BCUT2D eigenvalue weighted by atomic mass is 35.5. The van der Waals surface area contributed by atoms with Gasteiger partial charge in [0.2, 0.25) is 0 Å². The van der Waals surface area contributed by atoms with Gasteiger partial charge < -0.3 is 14.8 Å². The van der Waals surface area contributed by atoms with E-state index in [-0.39, 0.29) is 5.97 Å². The maximum absolute atomic E-state index is 12.4. The lowest BCUT2D eigenvalue weighted by molar-refractivity contribution is -0.665. The van der Waals surface area contributed by atoms with Crippen LogP contribution in [0.25, 0.3) is 0 Å². The van der Waals surface area contributed by atoms with Crippen molar-refractivity contribution in [2.75, 3.05) is 20.2 Å². The van der Waals surface area contributed by atoms with Crippen molar-refractivity contribution in [2.24, 2.45) is 5.92 Å². The largest absolute Gasteiger partial charge is 0.496 e. The molecule has 5 heteroatoms. The zero-order valence-electron chi connectivity index (χ0n) is 12.8. The van der Waals surface area contributed by atoms with E-state index in [9.17, 15) is 4.79 Å². The predicted molar refractivity (Wildman–Crippen MR) is 81.9 cm³/mol. The van der Waals surface area contributed by atoms with E-state index in [1.807, 2.05) is 13.8 Å². The Kier molecular flexibility index (Phi) is 5.12. The van der Waals surface area contributed by atoms with Crippen molar-refractivity contribution in [3.8, 4) is 5.75 Å². The summed E-state index contributed by atoms with van der Waals surface area (Å²) in [6.45, 7) is 6.17. The maximum atomic E-state index is 12.4. The Morgan fingerprint density at radius 1 is 1.33 bits per heavy atom. The molecule has 0 aliphatic carbocycles. The fourth-order valence-electron chi connectivity index (χ4n) is 2.83. The predicted octanol–water partition coefficient (Wildman–Crippen LogP) is 2.26. The van der Waals surface area contributed by atoms with Gasteiger partial charge in [-0.25, -0.2) is 4.79 Å². The van der Waals surface area contributed by atoms with Crippen LogP contribution in [0.4, 0.5) is 0 Å². The van der Waals surface area contributed by atoms with Crippen molar-refractivity contribution in [3.63, 3.8) is 0 Å². The van der Waals surface area contributed by atoms with Gasteiger partial charge in [-0.15, -0.1) is 0 Å². The van der Waals surface area contributed by atoms with Gasteiger partial charge in [0.15, 0.2) is 0 Å². The fourth-order valence-corrected chi connectivity index (χ4v) is 2.99. The van der Waals surface area contributed by atoms with Gasteiger partial charge in [0.25, 0.3) is 0 Å². The molecule has 0 amide bonds. The topological polar surface area (TPSA) is 52.1 Å². The molecule has 1 aliphatic heterocycles. The second kappa shape index (κ2) is 6.67. The normalized spacial score (nSPS) is 16.6. The third kappa shape index (κ3) is 3.89. The van der Waals surface area contributed by atoms with Crippen LogP contribution in [-0.4, -0.2) is 31.8 Å². The number of benzene rings is 1. The van der Waals surface area contributed by atoms with E-state index in [2.05, 4.69) is 5.32 Å². The third-order valence-corrected chi connectivity index (χ3v) is 4.40. The number of esters is 1. The molecule has 2 rings (SSSR count). The first-order valence-corrected chi connectivity index (χ1v) is 7.70. The molecule has 1 aliphatic rings. The van der Waals surface area contributed by atoms with E-state index in [0.717, 1.165) is 25.9 Å². The van der Waals surface area contributed by atoms with Crippen LogP contribution < -0.4 is 10.1 Å². The van der Waals surface area contributed by atoms with Gasteiger partial charge in [-0.05, 0) is 32.0 Å². The summed E-state index contributed by atoms with van der Waals surface area (Å²) in [6.07, 6.45) is 2.13. The number of piperidine rings is 1. The molecule has 0 saturated carbocycles. The average Bonchev–Trinajstić information content (AvgIpc) is 2.47. The molecule has 1 saturated heterocycles. The molecular formula is C16H23ClNO3+. The molecule has 21 heavy (non-hydrogen) atoms. The first kappa shape index (κ1) is 16.1. The second-order valence-electron chi connectivity index (χ2n) is 5.98. The van der Waals surface area contributed by atoms with Crippen molar-refractivity contribution < 1.29 is 19.6 Å². The Labute approximate surface area is 130 Å². The van der Waals surface area contributed by atoms with Gasteiger partial charge in [0.1, 0.15) is 16.9 Å². The van der Waals surface area contributed by atoms with Crippen LogP contribution in [0.2, 0.25) is 5.02 Å². The lowest BCUT2D eigenvalue weighted by Crippen LogP contribution is -2.86. The number of hydrogen-bond donors (Lipinski definition) is 1. The molecule has 0 unspecified atom stereocenters. The highest BCUT2D eigenvalue weighted by Crippen LogP contribution is 2.31. The summed E-state index contributed by atoms with van der Waals surface area (Å²) in [5, 5.41) is 2.84. The quantitative estimate of drug-likeness (QED) is 0.868. The number of methoxy groups -OCH3 is 1. The number of hydrogen-bond acceptors (Lipinski definition) is 3. The van der Waals surface area contributed by atoms with Crippen molar-refractivity contribution in [1.29, 1.82) is 0 Å². The molecule has 1 aromatic carbocycles. The Morgan fingerprint density at radius 3 is 2.62 bits per heavy atom. The van der Waals surface area contributed by atoms with Gasteiger partial charge in [-0.2, -0.15) is 0 Å². The molecule has 4 nitrogen and oxygen atoms in total. The minimum atomic E-state index is -0.476. The first-order valence-electron chi connectivity index (χ1n) is 7.32. The van der Waals surface area contributed by atoms with Crippen LogP contribution in [0.5, 0.6) is 5.75 Å². The highest BCUT2D eigenvalue weighted by molar-refractivity contribution is 6.30. The fraction of sp³-hybridized carbons (Fsp3) is 0.562. The summed E-state index contributed by atoms with van der Waals surface area (Å²) in [4.78, 5) is 12.4. The number of ether oxygens (including phenoxy) is 2. The molecule has 0 radical (unpaired) electrons. The minimum absolute atomic E-state index is 0.358. The van der Waals surface area contributed by atoms with Crippen LogP contribution >= 0.6 is 11.6 Å². The Morgan fingerprint density at radius 2 is 2.00 bits per heavy atom. The summed E-state index contributed by atoms with van der Waals surface area (Å²) in [5.74, 6) is 0.480. The van der Waals surface area contributed by atoms with Crippen LogP contribution in [0.3, 0.4) is 0 Å². The molecule has 2 N–H and O–H groups in total. The number of rotatable bonds is 4. The summed E-state index contributed by atoms with van der Waals surface area (Å²) >= 11 is 5.92. The van der Waals surface area contributed by atoms with E-state index in [4.69, 9.17) is 21.1 Å². The van der Waals surface area contributed by atoms with E-state index >= 15 is 0 Å². The zero-order chi connectivity index (χ0) is 15.5. The van der Waals surface area contributed by atoms with Crippen molar-refractivity contribution in [3.05, 3.63) is 28.8 Å². The molecule has 1 aromatic rings. The molecule has 1 heterocycles. The van der Waals surface area contributed by atoms with Gasteiger partial charge in [0.05, 0.1) is 20.2 Å². The van der Waals surface area contributed by atoms with Crippen LogP contribution in [0.1, 0.15) is 37.0 Å². The van der Waals surface area contributed by atoms with Gasteiger partial charge in [0, 0.05) is 23.8 Å². The average molecular weight is 313 g/mol. The molecule has 0 spiro atoms. The van der Waals surface area contributed by atoms with Crippen molar-refractivity contribution in [1.82, 2.24) is 0 Å². The Balaban J connectivity index is 2.13. The van der Waals surface area contributed by atoms with Crippen LogP contribution in [-0.2, 0) is 4.74 Å². The highest BCUT2D eigenvalue weighted by Gasteiger charge is 2.36. The smallest absolute Gasteiger partial charge is 0.342 e. The summed E-state index contributed by atoms with van der Waals surface area (Å²) in [6, 6.07) is 4.94. The molecule has 116 valence electrons. The zero-order valence-corrected chi connectivity index (χ0v) is 13.6. The van der Waals surface area contributed by atoms with Gasteiger partial charge in [-0.3, -0.25) is 0 Å². The summed E-state index contributed by atoms with van der Waals surface area (Å²) in [5.41, 5.74) is -0.0620. The number of nitrogens with two attached hydrogens (primary N) is 1. The van der Waals surface area contributed by atoms with Crippen molar-refractivity contribution in [2.45, 2.75) is 32.3 Å². The number of halogens is 1. The SMILES string of the molecule is COc1cc(Cl)ccc1C(=O)OC(C)(C)C1CC[NH2+]CC1. The number of carbonyl (C=O) groups is 1. The summed E-state index contributed by atoms with van der Waals surface area (Å²) < 4.78 is 11.0. The third-order valence-electron chi connectivity index (χ3n) is 4.16. The number of carbonyl (C=O) groups excluding carboxylic acids is 1. The summed E-state index contributed by atoms with van der Waals surface area (Å²) in [7, 11) is 1.52. The van der Waals surface area contributed by atoms with Gasteiger partial charge >= 0.3 is 5.97 Å². The standard InChI is InChI=1S/C16H22ClNO3/c1-16(2,11-6-8-18-9-7-11)21-15(19)13-5-4-12(17)10-14(13)20-3/h4-5,10-11,18H,6-9H2,1-3H3/p+1. The van der Waals surface area contributed by atoms with E-state index < -0.39 is 5.60 Å². The molecule has 1 fully saturated rings. The van der Waals surface area contributed by atoms with Gasteiger partial charge in [-0.1, -0.05) is 11.6 Å². The molecule has 0 aromatic heterocycles. The van der Waals surface area contributed by atoms with E-state index in [1.54, 1.807) is 18.2 Å². The molecular weight excluding hydrogens is 290 g/mol. The number of quaternary nitrogens is 1. The molecule has 0 bridgehead atoms. The second-order valence-corrected chi connectivity index (χ2v) is 6.41. The first-order chi connectivity index (χ1) is 9.94. The molecule has 0 atom stereocenters. The maximum Gasteiger partial charge on any atom is 0.342 e.